The number of nitrogens with zero attached hydrogens (tertiary/aromatic N) is 3. The number of piperidine rings is 1. The average Bonchev–Trinajstić information content (AvgIpc) is 2.76. The molecule has 2 bridgehead atoms. The van der Waals surface area contributed by atoms with Crippen LogP contribution in [0.2, 0.25) is 0 Å². The minimum atomic E-state index is 0.528. The van der Waals surface area contributed by atoms with Crippen molar-refractivity contribution in [2.75, 3.05) is 11.9 Å². The molecule has 2 fully saturated rings. The molecule has 2 aliphatic rings. The van der Waals surface area contributed by atoms with Crippen LogP contribution in [0.1, 0.15) is 31.2 Å². The lowest BCUT2D eigenvalue weighted by Gasteiger charge is -2.37. The summed E-state index contributed by atoms with van der Waals surface area (Å²) in [6, 6.07) is 5.91. The van der Waals surface area contributed by atoms with Crippen molar-refractivity contribution in [1.82, 2.24) is 10.3 Å². The number of hydrogen-bond donors (Lipinski definition) is 1. The number of nitriles is 1. The number of pyridine rings is 1. The summed E-state index contributed by atoms with van der Waals surface area (Å²) in [7, 11) is 2.09. The largest absolute Gasteiger partial charge is 0.369 e. The monoisotopic (exact) mass is 242 g/mol. The number of aromatic nitrogens is 1. The van der Waals surface area contributed by atoms with Crippen LogP contribution in [0.25, 0.3) is 0 Å². The van der Waals surface area contributed by atoms with Crippen LogP contribution in [0.15, 0.2) is 18.5 Å². The van der Waals surface area contributed by atoms with E-state index < -0.39 is 0 Å². The van der Waals surface area contributed by atoms with Gasteiger partial charge in [-0.1, -0.05) is 0 Å². The van der Waals surface area contributed by atoms with E-state index in [0.717, 1.165) is 11.3 Å². The number of nitrogens with one attached hydrogen (secondary N) is 1. The van der Waals surface area contributed by atoms with E-state index in [2.05, 4.69) is 28.3 Å². The molecule has 4 heteroatoms. The lowest BCUT2D eigenvalue weighted by atomic mass is 9.98. The first-order valence-electron chi connectivity index (χ1n) is 6.61. The predicted octanol–water partition coefficient (Wildman–Crippen LogP) is 1.67. The molecule has 94 valence electrons. The van der Waals surface area contributed by atoms with Crippen LogP contribution in [0.3, 0.4) is 0 Å². The molecule has 0 spiro atoms. The fraction of sp³-hybridized carbons (Fsp3) is 0.571. The molecule has 2 aliphatic heterocycles. The molecular weight excluding hydrogens is 224 g/mol. The van der Waals surface area contributed by atoms with Gasteiger partial charge in [-0.25, -0.2) is 0 Å². The summed E-state index contributed by atoms with van der Waals surface area (Å²) in [6.45, 7) is 0. The Labute approximate surface area is 108 Å². The maximum Gasteiger partial charge on any atom is 0.101 e. The minimum absolute atomic E-state index is 0.528. The van der Waals surface area contributed by atoms with Gasteiger partial charge in [0.15, 0.2) is 0 Å². The number of rotatable bonds is 2. The summed E-state index contributed by atoms with van der Waals surface area (Å²) < 4.78 is 0. The molecular formula is C14H18N4. The Hall–Kier alpha value is -1.60. The lowest BCUT2D eigenvalue weighted by Crippen LogP contribution is -2.47. The van der Waals surface area contributed by atoms with Gasteiger partial charge in [-0.05, 0) is 31.7 Å². The zero-order valence-electron chi connectivity index (χ0n) is 10.6. The molecule has 18 heavy (non-hydrogen) atoms. The van der Waals surface area contributed by atoms with E-state index in [1.807, 2.05) is 6.20 Å². The van der Waals surface area contributed by atoms with Crippen LogP contribution in [0.4, 0.5) is 5.69 Å². The lowest BCUT2D eigenvalue weighted by molar-refractivity contribution is 0.354. The summed E-state index contributed by atoms with van der Waals surface area (Å²) in [6.07, 6.45) is 8.43. The topological polar surface area (TPSA) is 52.0 Å². The average molecular weight is 242 g/mol. The van der Waals surface area contributed by atoms with Crippen LogP contribution in [0.5, 0.6) is 0 Å². The van der Waals surface area contributed by atoms with Crippen molar-refractivity contribution >= 4 is 5.69 Å². The van der Waals surface area contributed by atoms with Crippen molar-refractivity contribution in [3.8, 4) is 6.07 Å². The van der Waals surface area contributed by atoms with Crippen molar-refractivity contribution in [2.24, 2.45) is 0 Å². The van der Waals surface area contributed by atoms with Gasteiger partial charge in [0.25, 0.3) is 0 Å². The zero-order chi connectivity index (χ0) is 12.5. The highest BCUT2D eigenvalue weighted by molar-refractivity contribution is 5.57. The highest BCUT2D eigenvalue weighted by Crippen LogP contribution is 2.32. The standard InChI is InChI=1S/C14H18N4/c1-18(14-9-16-5-4-10(14)8-15)13-6-11-2-3-12(7-13)17-11/h4-5,9,11-13,17H,2-3,6-7H2,1H3. The summed E-state index contributed by atoms with van der Waals surface area (Å²) in [5, 5.41) is 12.8. The van der Waals surface area contributed by atoms with E-state index in [0.29, 0.717) is 18.1 Å². The maximum atomic E-state index is 9.17. The Morgan fingerprint density at radius 3 is 2.78 bits per heavy atom. The molecule has 1 aromatic rings. The van der Waals surface area contributed by atoms with Gasteiger partial charge in [0.2, 0.25) is 0 Å². The molecule has 3 heterocycles. The molecule has 4 nitrogen and oxygen atoms in total. The van der Waals surface area contributed by atoms with Gasteiger partial charge in [0.05, 0.1) is 17.4 Å². The van der Waals surface area contributed by atoms with E-state index in [-0.39, 0.29) is 0 Å². The predicted molar refractivity (Wildman–Crippen MR) is 70.3 cm³/mol. The SMILES string of the molecule is CN(c1cnccc1C#N)C1CC2CCC(C1)N2. The van der Waals surface area contributed by atoms with Crippen LogP contribution in [-0.2, 0) is 0 Å². The highest BCUT2D eigenvalue weighted by Gasteiger charge is 2.35. The molecule has 0 radical (unpaired) electrons. The molecule has 3 rings (SSSR count). The van der Waals surface area contributed by atoms with E-state index in [1.54, 1.807) is 12.3 Å². The second-order valence-electron chi connectivity index (χ2n) is 5.38. The van der Waals surface area contributed by atoms with E-state index >= 15 is 0 Å². The van der Waals surface area contributed by atoms with Gasteiger partial charge in [-0.3, -0.25) is 4.98 Å². The van der Waals surface area contributed by atoms with Crippen LogP contribution in [0, 0.1) is 11.3 Å². The third kappa shape index (κ3) is 1.95. The van der Waals surface area contributed by atoms with Crippen LogP contribution < -0.4 is 10.2 Å². The Morgan fingerprint density at radius 2 is 2.11 bits per heavy atom. The Balaban J connectivity index is 1.82. The number of hydrogen-bond acceptors (Lipinski definition) is 4. The summed E-state index contributed by atoms with van der Waals surface area (Å²) in [5.74, 6) is 0. The fourth-order valence-corrected chi connectivity index (χ4v) is 3.30. The molecule has 2 atom stereocenters. The second-order valence-corrected chi connectivity index (χ2v) is 5.38. The van der Waals surface area contributed by atoms with E-state index in [9.17, 15) is 0 Å². The summed E-state index contributed by atoms with van der Waals surface area (Å²) in [5.41, 5.74) is 1.68. The molecule has 1 aromatic heterocycles. The van der Waals surface area contributed by atoms with Crippen LogP contribution in [-0.4, -0.2) is 30.2 Å². The highest BCUT2D eigenvalue weighted by atomic mass is 15.2. The van der Waals surface area contributed by atoms with Crippen molar-refractivity contribution in [3.05, 3.63) is 24.0 Å². The first-order valence-corrected chi connectivity index (χ1v) is 6.61. The molecule has 2 unspecified atom stereocenters. The fourth-order valence-electron chi connectivity index (χ4n) is 3.30. The number of fused-ring (bicyclic) bond motifs is 2. The summed E-state index contributed by atoms with van der Waals surface area (Å²) in [4.78, 5) is 6.40. The molecule has 2 saturated heterocycles. The minimum Gasteiger partial charge on any atom is -0.369 e. The zero-order valence-corrected chi connectivity index (χ0v) is 10.6. The van der Waals surface area contributed by atoms with Gasteiger partial charge < -0.3 is 10.2 Å². The van der Waals surface area contributed by atoms with Crippen molar-refractivity contribution in [3.63, 3.8) is 0 Å². The van der Waals surface area contributed by atoms with Crippen molar-refractivity contribution in [2.45, 2.75) is 43.8 Å². The Morgan fingerprint density at radius 1 is 1.39 bits per heavy atom. The quantitative estimate of drug-likeness (QED) is 0.857. The van der Waals surface area contributed by atoms with Gasteiger partial charge in [-0.15, -0.1) is 0 Å². The Kier molecular flexibility index (Phi) is 2.92. The summed E-state index contributed by atoms with van der Waals surface area (Å²) >= 11 is 0. The van der Waals surface area contributed by atoms with Crippen molar-refractivity contribution in [1.29, 1.82) is 5.26 Å². The molecule has 0 aromatic carbocycles. The first kappa shape index (κ1) is 11.5. The maximum absolute atomic E-state index is 9.17. The molecule has 0 aliphatic carbocycles. The molecule has 0 saturated carbocycles. The second kappa shape index (κ2) is 4.58. The first-order chi connectivity index (χ1) is 8.78. The normalized spacial score (nSPS) is 29.9. The van der Waals surface area contributed by atoms with E-state index in [4.69, 9.17) is 5.26 Å². The van der Waals surface area contributed by atoms with Crippen LogP contribution >= 0.6 is 0 Å². The van der Waals surface area contributed by atoms with Gasteiger partial charge in [0.1, 0.15) is 6.07 Å². The molecule has 1 N–H and O–H groups in total. The Bertz CT molecular complexity index is 467. The van der Waals surface area contributed by atoms with Gasteiger partial charge in [0, 0.05) is 31.4 Å². The smallest absolute Gasteiger partial charge is 0.101 e. The third-order valence-electron chi connectivity index (χ3n) is 4.30. The van der Waals surface area contributed by atoms with Crippen molar-refractivity contribution < 1.29 is 0 Å². The van der Waals surface area contributed by atoms with Gasteiger partial charge >= 0.3 is 0 Å². The number of anilines is 1. The van der Waals surface area contributed by atoms with E-state index in [1.165, 1.54) is 25.7 Å². The third-order valence-corrected chi connectivity index (χ3v) is 4.30. The molecule has 0 amide bonds. The van der Waals surface area contributed by atoms with Gasteiger partial charge in [-0.2, -0.15) is 5.26 Å².